The van der Waals surface area contributed by atoms with E-state index in [0.29, 0.717) is 23.5 Å². The molecule has 1 aromatic carbocycles. The van der Waals surface area contributed by atoms with Crippen molar-refractivity contribution in [1.29, 1.82) is 0 Å². The number of nitrogens with zero attached hydrogens (tertiary/aromatic N) is 6. The molecule has 5 rings (SSSR count). The van der Waals surface area contributed by atoms with Crippen molar-refractivity contribution < 1.29 is 4.39 Å². The molecule has 9 nitrogen and oxygen atoms in total. The molecule has 0 saturated carbocycles. The predicted molar refractivity (Wildman–Crippen MR) is 124 cm³/mol. The van der Waals surface area contributed by atoms with E-state index in [0.717, 1.165) is 56.2 Å². The van der Waals surface area contributed by atoms with Gasteiger partial charge < -0.3 is 4.57 Å². The van der Waals surface area contributed by atoms with Gasteiger partial charge in [-0.2, -0.15) is 4.98 Å². The third-order valence-electron chi connectivity index (χ3n) is 6.86. The number of rotatable bonds is 5. The Morgan fingerprint density at radius 3 is 2.42 bits per heavy atom. The van der Waals surface area contributed by atoms with Crippen molar-refractivity contribution in [3.8, 4) is 0 Å². The summed E-state index contributed by atoms with van der Waals surface area (Å²) in [6.07, 6.45) is 0. The van der Waals surface area contributed by atoms with E-state index in [4.69, 9.17) is 0 Å². The van der Waals surface area contributed by atoms with Crippen LogP contribution in [0.2, 0.25) is 0 Å². The molecule has 10 heteroatoms. The van der Waals surface area contributed by atoms with Gasteiger partial charge in [0.1, 0.15) is 5.82 Å². The SMILES string of the molecule is Cc1c(C)n2c3c(=O)[nH]c(=O)n(C)c3nc2n1CCN1CCN(Cc2ccccc2F)CC1. The number of nitrogens with one attached hydrogen (secondary N) is 1. The van der Waals surface area contributed by atoms with Gasteiger partial charge in [0.15, 0.2) is 11.2 Å². The summed E-state index contributed by atoms with van der Waals surface area (Å²) in [5.74, 6) is 0.524. The Hall–Kier alpha value is -3.24. The Morgan fingerprint density at radius 1 is 1.00 bits per heavy atom. The van der Waals surface area contributed by atoms with Crippen molar-refractivity contribution in [1.82, 2.24) is 33.3 Å². The summed E-state index contributed by atoms with van der Waals surface area (Å²) in [4.78, 5) is 36.2. The molecule has 0 radical (unpaired) electrons. The van der Waals surface area contributed by atoms with Gasteiger partial charge in [0.05, 0.1) is 0 Å². The predicted octanol–water partition coefficient (Wildman–Crippen LogP) is 1.25. The standard InChI is InChI=1S/C23H28FN7O2/c1-15-16(2)31-19-20(27(3)23(33)26-21(19)32)25-22(31)30(15)13-12-28-8-10-29(11-9-28)14-17-6-4-5-7-18(17)24/h4-7H,8-14H2,1-3H3,(H,26,32,33). The number of fused-ring (bicyclic) bond motifs is 3. The summed E-state index contributed by atoms with van der Waals surface area (Å²) in [5.41, 5.74) is 2.61. The average molecular weight is 454 g/mol. The second-order valence-electron chi connectivity index (χ2n) is 8.77. The highest BCUT2D eigenvalue weighted by atomic mass is 19.1. The zero-order chi connectivity index (χ0) is 23.3. The number of aromatic nitrogens is 5. The van der Waals surface area contributed by atoms with Crippen LogP contribution in [0.15, 0.2) is 33.9 Å². The first-order valence-corrected chi connectivity index (χ1v) is 11.2. The molecule has 4 aromatic rings. The Bertz CT molecular complexity index is 1450. The third-order valence-corrected chi connectivity index (χ3v) is 6.86. The molecular weight excluding hydrogens is 425 g/mol. The second-order valence-corrected chi connectivity index (χ2v) is 8.77. The topological polar surface area (TPSA) is 83.6 Å². The highest BCUT2D eigenvalue weighted by Gasteiger charge is 2.22. The van der Waals surface area contributed by atoms with E-state index in [-0.39, 0.29) is 5.82 Å². The maximum Gasteiger partial charge on any atom is 0.329 e. The lowest BCUT2D eigenvalue weighted by atomic mass is 10.2. The lowest BCUT2D eigenvalue weighted by molar-refractivity contribution is 0.123. The fourth-order valence-electron chi connectivity index (χ4n) is 4.72. The van der Waals surface area contributed by atoms with Gasteiger partial charge in [-0.1, -0.05) is 18.2 Å². The maximum atomic E-state index is 14.0. The minimum absolute atomic E-state index is 0.147. The van der Waals surface area contributed by atoms with Gasteiger partial charge in [0, 0.05) is 69.8 Å². The van der Waals surface area contributed by atoms with Crippen LogP contribution in [0.4, 0.5) is 4.39 Å². The van der Waals surface area contributed by atoms with Gasteiger partial charge >= 0.3 is 5.69 Å². The smallest absolute Gasteiger partial charge is 0.313 e. The first-order valence-electron chi connectivity index (χ1n) is 11.2. The molecular formula is C23H28FN7O2. The Kier molecular flexibility index (Phi) is 5.41. The highest BCUT2D eigenvalue weighted by Crippen LogP contribution is 2.20. The largest absolute Gasteiger partial charge is 0.329 e. The molecule has 0 spiro atoms. The lowest BCUT2D eigenvalue weighted by Gasteiger charge is -2.34. The van der Waals surface area contributed by atoms with Crippen LogP contribution in [0.5, 0.6) is 0 Å². The first-order chi connectivity index (χ1) is 15.8. The number of imidazole rings is 2. The van der Waals surface area contributed by atoms with E-state index in [1.165, 1.54) is 10.6 Å². The first kappa shape index (κ1) is 21.6. The van der Waals surface area contributed by atoms with E-state index in [9.17, 15) is 14.0 Å². The third kappa shape index (κ3) is 3.68. The summed E-state index contributed by atoms with van der Waals surface area (Å²) in [5, 5.41) is 0. The van der Waals surface area contributed by atoms with Crippen molar-refractivity contribution in [2.24, 2.45) is 7.05 Å². The molecule has 0 unspecified atom stereocenters. The van der Waals surface area contributed by atoms with E-state index >= 15 is 0 Å². The molecule has 0 bridgehead atoms. The highest BCUT2D eigenvalue weighted by molar-refractivity contribution is 5.76. The number of aromatic amines is 1. The van der Waals surface area contributed by atoms with Gasteiger partial charge in [-0.25, -0.2) is 9.18 Å². The molecule has 1 fully saturated rings. The van der Waals surface area contributed by atoms with Crippen LogP contribution in [-0.2, 0) is 20.1 Å². The van der Waals surface area contributed by atoms with Crippen LogP contribution in [0.3, 0.4) is 0 Å². The van der Waals surface area contributed by atoms with E-state index in [1.54, 1.807) is 13.1 Å². The van der Waals surface area contributed by atoms with Crippen LogP contribution in [0.1, 0.15) is 17.0 Å². The average Bonchev–Trinajstić information content (AvgIpc) is 3.30. The molecule has 1 saturated heterocycles. The van der Waals surface area contributed by atoms with Gasteiger partial charge in [0.2, 0.25) is 5.78 Å². The van der Waals surface area contributed by atoms with Gasteiger partial charge in [-0.3, -0.25) is 28.5 Å². The normalized spacial score (nSPS) is 15.8. The summed E-state index contributed by atoms with van der Waals surface area (Å²) in [6.45, 7) is 9.79. The Labute approximate surface area is 189 Å². The molecule has 4 heterocycles. The number of hydrogen-bond acceptors (Lipinski definition) is 5. The second kappa shape index (κ2) is 8.27. The number of hydrogen-bond donors (Lipinski definition) is 1. The molecule has 0 atom stereocenters. The fraction of sp³-hybridized carbons (Fsp3) is 0.435. The summed E-state index contributed by atoms with van der Waals surface area (Å²) in [6, 6.07) is 6.96. The molecule has 3 aromatic heterocycles. The monoisotopic (exact) mass is 453 g/mol. The minimum Gasteiger partial charge on any atom is -0.313 e. The Morgan fingerprint density at radius 2 is 1.70 bits per heavy atom. The molecule has 1 aliphatic rings. The van der Waals surface area contributed by atoms with Crippen molar-refractivity contribution in [2.75, 3.05) is 32.7 Å². The quantitative estimate of drug-likeness (QED) is 0.492. The summed E-state index contributed by atoms with van der Waals surface area (Å²) in [7, 11) is 1.61. The van der Waals surface area contributed by atoms with Crippen molar-refractivity contribution in [2.45, 2.75) is 26.9 Å². The van der Waals surface area contributed by atoms with Gasteiger partial charge in [-0.05, 0) is 19.9 Å². The van der Waals surface area contributed by atoms with Crippen LogP contribution in [0.25, 0.3) is 16.9 Å². The van der Waals surface area contributed by atoms with Crippen LogP contribution in [0, 0.1) is 19.7 Å². The molecule has 1 N–H and O–H groups in total. The minimum atomic E-state index is -0.470. The molecule has 174 valence electrons. The molecule has 0 amide bonds. The van der Waals surface area contributed by atoms with Crippen LogP contribution in [-0.4, -0.2) is 66.0 Å². The number of benzene rings is 1. The van der Waals surface area contributed by atoms with Crippen molar-refractivity contribution in [3.05, 3.63) is 67.9 Å². The molecule has 33 heavy (non-hydrogen) atoms. The van der Waals surface area contributed by atoms with E-state index in [1.807, 2.05) is 30.4 Å². The zero-order valence-corrected chi connectivity index (χ0v) is 19.1. The van der Waals surface area contributed by atoms with Gasteiger partial charge in [-0.15, -0.1) is 0 Å². The number of piperazine rings is 1. The Balaban J connectivity index is 1.32. The zero-order valence-electron chi connectivity index (χ0n) is 19.1. The summed E-state index contributed by atoms with van der Waals surface area (Å²) >= 11 is 0. The molecule has 1 aliphatic heterocycles. The fourth-order valence-corrected chi connectivity index (χ4v) is 4.72. The number of aryl methyl sites for hydroxylation is 2. The van der Waals surface area contributed by atoms with Crippen molar-refractivity contribution in [3.63, 3.8) is 0 Å². The van der Waals surface area contributed by atoms with Gasteiger partial charge in [0.25, 0.3) is 5.56 Å². The molecule has 0 aliphatic carbocycles. The van der Waals surface area contributed by atoms with E-state index in [2.05, 4.69) is 24.3 Å². The van der Waals surface area contributed by atoms with E-state index < -0.39 is 11.2 Å². The maximum absolute atomic E-state index is 14.0. The summed E-state index contributed by atoms with van der Waals surface area (Å²) < 4.78 is 19.3. The van der Waals surface area contributed by atoms with Crippen LogP contribution < -0.4 is 11.2 Å². The lowest BCUT2D eigenvalue weighted by Crippen LogP contribution is -2.46. The van der Waals surface area contributed by atoms with Crippen molar-refractivity contribution >= 4 is 16.9 Å². The number of halogens is 1. The number of H-pyrrole nitrogens is 1. The van der Waals surface area contributed by atoms with Crippen LogP contribution >= 0.6 is 0 Å².